The minimum absolute atomic E-state index is 0.223. The van der Waals surface area contributed by atoms with Gasteiger partial charge in [-0.2, -0.15) is 0 Å². The summed E-state index contributed by atoms with van der Waals surface area (Å²) in [5, 5.41) is 12.4. The molecule has 1 heterocycles. The maximum absolute atomic E-state index is 9.04. The molecule has 0 spiro atoms. The van der Waals surface area contributed by atoms with E-state index in [0.29, 0.717) is 6.04 Å². The van der Waals surface area contributed by atoms with Gasteiger partial charge in [-0.15, -0.1) is 0 Å². The van der Waals surface area contributed by atoms with Gasteiger partial charge in [0.1, 0.15) is 5.75 Å². The van der Waals surface area contributed by atoms with E-state index in [9.17, 15) is 0 Å². The number of aliphatic hydroxyl groups is 1. The zero-order valence-electron chi connectivity index (χ0n) is 8.94. The largest absolute Gasteiger partial charge is 0.497 e. The first kappa shape index (κ1) is 10.5. The van der Waals surface area contributed by atoms with Crippen molar-refractivity contribution in [2.75, 3.05) is 13.7 Å². The Hall–Kier alpha value is -1.06. The zero-order valence-corrected chi connectivity index (χ0v) is 8.94. The third-order valence-corrected chi connectivity index (χ3v) is 2.96. The molecular formula is C12H17NO2. The minimum atomic E-state index is 0.223. The van der Waals surface area contributed by atoms with Crippen LogP contribution in [-0.2, 0) is 0 Å². The van der Waals surface area contributed by atoms with Gasteiger partial charge in [-0.05, 0) is 30.5 Å². The first-order valence-corrected chi connectivity index (χ1v) is 5.34. The number of methoxy groups -OCH3 is 1. The molecule has 0 aliphatic carbocycles. The van der Waals surface area contributed by atoms with Gasteiger partial charge in [0.2, 0.25) is 0 Å². The van der Waals surface area contributed by atoms with Gasteiger partial charge < -0.3 is 15.2 Å². The lowest BCUT2D eigenvalue weighted by Crippen LogP contribution is -2.27. The van der Waals surface area contributed by atoms with Gasteiger partial charge in [-0.1, -0.05) is 12.1 Å². The molecule has 3 nitrogen and oxygen atoms in total. The molecule has 2 unspecified atom stereocenters. The summed E-state index contributed by atoms with van der Waals surface area (Å²) >= 11 is 0. The van der Waals surface area contributed by atoms with Gasteiger partial charge >= 0.3 is 0 Å². The Bertz CT molecular complexity index is 327. The predicted molar refractivity (Wildman–Crippen MR) is 59.0 cm³/mol. The van der Waals surface area contributed by atoms with Crippen molar-refractivity contribution < 1.29 is 9.84 Å². The fourth-order valence-electron chi connectivity index (χ4n) is 2.08. The fraction of sp³-hybridized carbons (Fsp3) is 0.500. The van der Waals surface area contributed by atoms with Gasteiger partial charge in [-0.25, -0.2) is 0 Å². The molecule has 1 saturated heterocycles. The van der Waals surface area contributed by atoms with Crippen molar-refractivity contribution in [3.05, 3.63) is 29.8 Å². The second-order valence-corrected chi connectivity index (χ2v) is 3.95. The van der Waals surface area contributed by atoms with E-state index >= 15 is 0 Å². The van der Waals surface area contributed by atoms with E-state index in [2.05, 4.69) is 17.4 Å². The Balaban J connectivity index is 2.09. The summed E-state index contributed by atoms with van der Waals surface area (Å²) in [7, 11) is 1.68. The van der Waals surface area contributed by atoms with Crippen LogP contribution in [0.2, 0.25) is 0 Å². The molecule has 2 rings (SSSR count). The van der Waals surface area contributed by atoms with E-state index in [4.69, 9.17) is 9.84 Å². The Morgan fingerprint density at radius 2 is 2.33 bits per heavy atom. The van der Waals surface area contributed by atoms with Crippen LogP contribution in [0.25, 0.3) is 0 Å². The standard InChI is InChI=1S/C12H17NO2/c1-15-11-4-2-3-9(7-11)12-6-5-10(8-14)13-12/h2-4,7,10,12-14H,5-6,8H2,1H3. The number of aliphatic hydroxyl groups excluding tert-OH is 1. The van der Waals surface area contributed by atoms with Crippen LogP contribution in [0.4, 0.5) is 0 Å². The van der Waals surface area contributed by atoms with Crippen molar-refractivity contribution in [3.63, 3.8) is 0 Å². The average molecular weight is 207 g/mol. The maximum Gasteiger partial charge on any atom is 0.119 e. The van der Waals surface area contributed by atoms with E-state index in [0.717, 1.165) is 18.6 Å². The van der Waals surface area contributed by atoms with Gasteiger partial charge in [0, 0.05) is 12.1 Å². The molecule has 1 aromatic carbocycles. The average Bonchev–Trinajstić information content (AvgIpc) is 2.78. The lowest BCUT2D eigenvalue weighted by atomic mass is 10.1. The Morgan fingerprint density at radius 3 is 3.00 bits per heavy atom. The second kappa shape index (κ2) is 4.64. The van der Waals surface area contributed by atoms with Gasteiger partial charge in [0.15, 0.2) is 0 Å². The molecule has 0 amide bonds. The van der Waals surface area contributed by atoms with Gasteiger partial charge in [0.25, 0.3) is 0 Å². The van der Waals surface area contributed by atoms with Crippen molar-refractivity contribution in [2.24, 2.45) is 0 Å². The third kappa shape index (κ3) is 2.30. The van der Waals surface area contributed by atoms with Crippen LogP contribution in [0.5, 0.6) is 5.75 Å². The highest BCUT2D eigenvalue weighted by Crippen LogP contribution is 2.28. The molecule has 0 bridgehead atoms. The summed E-state index contributed by atoms with van der Waals surface area (Å²) in [5.41, 5.74) is 1.24. The Labute approximate surface area is 90.1 Å². The Kier molecular flexibility index (Phi) is 3.23. The molecule has 15 heavy (non-hydrogen) atoms. The summed E-state index contributed by atoms with van der Waals surface area (Å²) in [6, 6.07) is 8.71. The maximum atomic E-state index is 9.04. The smallest absolute Gasteiger partial charge is 0.119 e. The number of ether oxygens (including phenoxy) is 1. The monoisotopic (exact) mass is 207 g/mol. The molecule has 3 heteroatoms. The van der Waals surface area contributed by atoms with E-state index < -0.39 is 0 Å². The zero-order chi connectivity index (χ0) is 10.7. The van der Waals surface area contributed by atoms with Crippen molar-refractivity contribution in [1.82, 2.24) is 5.32 Å². The van der Waals surface area contributed by atoms with Crippen LogP contribution in [-0.4, -0.2) is 24.9 Å². The number of rotatable bonds is 3. The molecule has 82 valence electrons. The van der Waals surface area contributed by atoms with Crippen molar-refractivity contribution in [3.8, 4) is 5.75 Å². The summed E-state index contributed by atoms with van der Waals surface area (Å²) < 4.78 is 5.19. The van der Waals surface area contributed by atoms with Crippen molar-refractivity contribution >= 4 is 0 Å². The number of nitrogens with one attached hydrogen (secondary N) is 1. The summed E-state index contributed by atoms with van der Waals surface area (Å²) in [6.07, 6.45) is 2.12. The lowest BCUT2D eigenvalue weighted by molar-refractivity contribution is 0.251. The summed E-state index contributed by atoms with van der Waals surface area (Å²) in [6.45, 7) is 0.223. The lowest BCUT2D eigenvalue weighted by Gasteiger charge is -2.13. The molecular weight excluding hydrogens is 190 g/mol. The molecule has 2 N–H and O–H groups in total. The molecule has 2 atom stereocenters. The summed E-state index contributed by atoms with van der Waals surface area (Å²) in [4.78, 5) is 0. The molecule has 1 aromatic rings. The van der Waals surface area contributed by atoms with Crippen LogP contribution in [0.15, 0.2) is 24.3 Å². The topological polar surface area (TPSA) is 41.5 Å². The molecule has 1 aliphatic heterocycles. The van der Waals surface area contributed by atoms with Crippen LogP contribution in [0, 0.1) is 0 Å². The number of hydrogen-bond acceptors (Lipinski definition) is 3. The quantitative estimate of drug-likeness (QED) is 0.789. The van der Waals surface area contributed by atoms with E-state index in [-0.39, 0.29) is 12.6 Å². The Morgan fingerprint density at radius 1 is 1.47 bits per heavy atom. The molecule has 0 aromatic heterocycles. The second-order valence-electron chi connectivity index (χ2n) is 3.95. The first-order chi connectivity index (χ1) is 7.33. The van der Waals surface area contributed by atoms with Crippen LogP contribution < -0.4 is 10.1 Å². The minimum Gasteiger partial charge on any atom is -0.497 e. The molecule has 0 saturated carbocycles. The number of benzene rings is 1. The van der Waals surface area contributed by atoms with Gasteiger partial charge in [-0.3, -0.25) is 0 Å². The van der Waals surface area contributed by atoms with E-state index in [1.54, 1.807) is 7.11 Å². The first-order valence-electron chi connectivity index (χ1n) is 5.34. The van der Waals surface area contributed by atoms with Crippen LogP contribution in [0.3, 0.4) is 0 Å². The van der Waals surface area contributed by atoms with Crippen LogP contribution >= 0.6 is 0 Å². The van der Waals surface area contributed by atoms with Crippen LogP contribution in [0.1, 0.15) is 24.4 Å². The molecule has 0 radical (unpaired) electrons. The summed E-state index contributed by atoms with van der Waals surface area (Å²) in [5.74, 6) is 0.891. The van der Waals surface area contributed by atoms with E-state index in [1.165, 1.54) is 5.56 Å². The highest BCUT2D eigenvalue weighted by atomic mass is 16.5. The fourth-order valence-corrected chi connectivity index (χ4v) is 2.08. The third-order valence-electron chi connectivity index (χ3n) is 2.96. The predicted octanol–water partition coefficient (Wildman–Crippen LogP) is 1.48. The molecule has 1 aliphatic rings. The normalized spacial score (nSPS) is 25.5. The van der Waals surface area contributed by atoms with Crippen molar-refractivity contribution in [1.29, 1.82) is 0 Å². The van der Waals surface area contributed by atoms with Gasteiger partial charge in [0.05, 0.1) is 13.7 Å². The van der Waals surface area contributed by atoms with Crippen molar-refractivity contribution in [2.45, 2.75) is 24.9 Å². The number of hydrogen-bond donors (Lipinski definition) is 2. The highest BCUT2D eigenvalue weighted by molar-refractivity contribution is 5.31. The molecule has 1 fully saturated rings. The van der Waals surface area contributed by atoms with E-state index in [1.807, 2.05) is 12.1 Å². The SMILES string of the molecule is COc1cccc(C2CCC(CO)N2)c1. The highest BCUT2D eigenvalue weighted by Gasteiger charge is 2.24.